The fourth-order valence-corrected chi connectivity index (χ4v) is 0.968. The quantitative estimate of drug-likeness (QED) is 0.622. The lowest BCUT2D eigenvalue weighted by atomic mass is 10.1. The summed E-state index contributed by atoms with van der Waals surface area (Å²) in [6, 6.07) is 8.16. The van der Waals surface area contributed by atoms with Gasteiger partial charge in [-0.2, -0.15) is 0 Å². The van der Waals surface area contributed by atoms with E-state index in [0.29, 0.717) is 5.56 Å². The van der Waals surface area contributed by atoms with Gasteiger partial charge in [0.15, 0.2) is 6.10 Å². The van der Waals surface area contributed by atoms with Crippen molar-refractivity contribution in [3.63, 3.8) is 0 Å². The molecule has 3 N–H and O–H groups in total. The van der Waals surface area contributed by atoms with Crippen LogP contribution in [-0.4, -0.2) is 27.4 Å². The summed E-state index contributed by atoms with van der Waals surface area (Å²) < 4.78 is 0. The minimum atomic E-state index is -1.78. The first-order valence-electron chi connectivity index (χ1n) is 3.77. The Labute approximate surface area is 75.1 Å². The summed E-state index contributed by atoms with van der Waals surface area (Å²) in [6.07, 6.45) is -3.15. The van der Waals surface area contributed by atoms with E-state index in [-0.39, 0.29) is 0 Å². The Balaban J connectivity index is 2.79. The Morgan fingerprint density at radius 2 is 1.69 bits per heavy atom. The third-order valence-electron chi connectivity index (χ3n) is 1.69. The minimum Gasteiger partial charge on any atom is -0.479 e. The van der Waals surface area contributed by atoms with Gasteiger partial charge < -0.3 is 15.3 Å². The molecular weight excluding hydrogens is 172 g/mol. The van der Waals surface area contributed by atoms with Crippen molar-refractivity contribution in [2.75, 3.05) is 0 Å². The van der Waals surface area contributed by atoms with Crippen molar-refractivity contribution < 1.29 is 20.1 Å². The maximum Gasteiger partial charge on any atom is 0.335 e. The second kappa shape index (κ2) is 4.02. The zero-order valence-corrected chi connectivity index (χ0v) is 6.79. The molecule has 70 valence electrons. The van der Waals surface area contributed by atoms with Gasteiger partial charge in [-0.15, -0.1) is 0 Å². The zero-order chi connectivity index (χ0) is 9.84. The van der Waals surface area contributed by atoms with Crippen LogP contribution in [0.15, 0.2) is 30.3 Å². The molecule has 0 saturated heterocycles. The maximum absolute atomic E-state index is 10.3. The second-order valence-electron chi connectivity index (χ2n) is 2.64. The van der Waals surface area contributed by atoms with Crippen LogP contribution in [0.4, 0.5) is 0 Å². The SMILES string of the molecule is O=C(O)[C@H](O)[C@H](O)c1ccccc1. The number of rotatable bonds is 3. The monoisotopic (exact) mass is 182 g/mol. The average Bonchev–Trinajstić information content (AvgIpc) is 2.17. The summed E-state index contributed by atoms with van der Waals surface area (Å²) in [5.74, 6) is -1.43. The van der Waals surface area contributed by atoms with Crippen LogP contribution in [0.1, 0.15) is 11.7 Å². The van der Waals surface area contributed by atoms with Crippen LogP contribution < -0.4 is 0 Å². The van der Waals surface area contributed by atoms with Gasteiger partial charge in [-0.05, 0) is 5.56 Å². The molecule has 0 aliphatic carbocycles. The molecule has 13 heavy (non-hydrogen) atoms. The van der Waals surface area contributed by atoms with E-state index in [9.17, 15) is 9.90 Å². The predicted octanol–water partition coefficient (Wildman–Crippen LogP) is 0.166. The summed E-state index contributed by atoms with van der Waals surface area (Å²) in [5.41, 5.74) is 0.386. The fourth-order valence-electron chi connectivity index (χ4n) is 0.968. The molecular formula is C9H10O4. The number of aliphatic hydroxyl groups excluding tert-OH is 2. The summed E-state index contributed by atoms with van der Waals surface area (Å²) in [5, 5.41) is 26.7. The molecule has 1 aromatic rings. The summed E-state index contributed by atoms with van der Waals surface area (Å²) >= 11 is 0. The number of aliphatic carboxylic acids is 1. The van der Waals surface area contributed by atoms with Crippen molar-refractivity contribution in [3.05, 3.63) is 35.9 Å². The number of hydrogen-bond acceptors (Lipinski definition) is 3. The topological polar surface area (TPSA) is 77.8 Å². The molecule has 0 saturated carbocycles. The van der Waals surface area contributed by atoms with Crippen LogP contribution in [0.25, 0.3) is 0 Å². The molecule has 1 rings (SSSR count). The van der Waals surface area contributed by atoms with Crippen LogP contribution in [0, 0.1) is 0 Å². The van der Waals surface area contributed by atoms with Gasteiger partial charge in [0, 0.05) is 0 Å². The smallest absolute Gasteiger partial charge is 0.335 e. The molecule has 0 spiro atoms. The number of carboxylic acids is 1. The van der Waals surface area contributed by atoms with E-state index >= 15 is 0 Å². The maximum atomic E-state index is 10.3. The van der Waals surface area contributed by atoms with Crippen molar-refractivity contribution in [1.29, 1.82) is 0 Å². The molecule has 0 aromatic heterocycles. The van der Waals surface area contributed by atoms with Crippen molar-refractivity contribution in [3.8, 4) is 0 Å². The lowest BCUT2D eigenvalue weighted by molar-refractivity contribution is -0.153. The zero-order valence-electron chi connectivity index (χ0n) is 6.79. The summed E-state index contributed by atoms with van der Waals surface area (Å²) in [4.78, 5) is 10.3. The Bertz CT molecular complexity index is 283. The van der Waals surface area contributed by atoms with E-state index in [4.69, 9.17) is 10.2 Å². The lowest BCUT2D eigenvalue weighted by Gasteiger charge is -2.13. The molecule has 0 aliphatic heterocycles. The van der Waals surface area contributed by atoms with Gasteiger partial charge in [0.05, 0.1) is 0 Å². The van der Waals surface area contributed by atoms with E-state index < -0.39 is 18.2 Å². The highest BCUT2D eigenvalue weighted by molar-refractivity contribution is 5.73. The molecule has 0 bridgehead atoms. The van der Waals surface area contributed by atoms with Crippen molar-refractivity contribution >= 4 is 5.97 Å². The lowest BCUT2D eigenvalue weighted by Crippen LogP contribution is -2.27. The third kappa shape index (κ3) is 2.27. The number of hydrogen-bond donors (Lipinski definition) is 3. The number of benzene rings is 1. The van der Waals surface area contributed by atoms with Crippen molar-refractivity contribution in [2.24, 2.45) is 0 Å². The molecule has 4 nitrogen and oxygen atoms in total. The van der Waals surface area contributed by atoms with Crippen molar-refractivity contribution in [2.45, 2.75) is 12.2 Å². The Kier molecular flexibility index (Phi) is 3.00. The van der Waals surface area contributed by atoms with Crippen LogP contribution in [0.2, 0.25) is 0 Å². The molecule has 0 aliphatic rings. The van der Waals surface area contributed by atoms with Gasteiger partial charge in [-0.25, -0.2) is 4.79 Å². The molecule has 4 heteroatoms. The van der Waals surface area contributed by atoms with E-state index in [1.807, 2.05) is 0 Å². The fraction of sp³-hybridized carbons (Fsp3) is 0.222. The van der Waals surface area contributed by atoms with E-state index in [0.717, 1.165) is 0 Å². The highest BCUT2D eigenvalue weighted by Crippen LogP contribution is 2.15. The second-order valence-corrected chi connectivity index (χ2v) is 2.64. The number of carboxylic acid groups (broad SMARTS) is 1. The minimum absolute atomic E-state index is 0.386. The van der Waals surface area contributed by atoms with Crippen molar-refractivity contribution in [1.82, 2.24) is 0 Å². The third-order valence-corrected chi connectivity index (χ3v) is 1.69. The van der Waals surface area contributed by atoms with Gasteiger partial charge in [0.1, 0.15) is 6.10 Å². The largest absolute Gasteiger partial charge is 0.479 e. The van der Waals surface area contributed by atoms with Gasteiger partial charge in [0.25, 0.3) is 0 Å². The molecule has 0 heterocycles. The van der Waals surface area contributed by atoms with E-state index in [1.54, 1.807) is 30.3 Å². The van der Waals surface area contributed by atoms with Crippen LogP contribution >= 0.6 is 0 Å². The van der Waals surface area contributed by atoms with Crippen LogP contribution in [0.3, 0.4) is 0 Å². The number of carbonyl (C=O) groups is 1. The normalized spacial score (nSPS) is 14.9. The standard InChI is InChI=1S/C9H10O4/c10-7(8(11)9(12)13)6-4-2-1-3-5-6/h1-5,7-8,10-11H,(H,12,13)/t7-,8-/m1/s1. The Hall–Kier alpha value is -1.39. The first kappa shape index (κ1) is 9.70. The first-order valence-corrected chi connectivity index (χ1v) is 3.77. The molecule has 0 unspecified atom stereocenters. The highest BCUT2D eigenvalue weighted by atomic mass is 16.4. The number of aliphatic hydroxyl groups is 2. The van der Waals surface area contributed by atoms with Crippen LogP contribution in [-0.2, 0) is 4.79 Å². The highest BCUT2D eigenvalue weighted by Gasteiger charge is 2.24. The Morgan fingerprint density at radius 1 is 1.15 bits per heavy atom. The van der Waals surface area contributed by atoms with Crippen LogP contribution in [0.5, 0.6) is 0 Å². The predicted molar refractivity (Wildman–Crippen MR) is 45.0 cm³/mol. The average molecular weight is 182 g/mol. The van der Waals surface area contributed by atoms with E-state index in [2.05, 4.69) is 0 Å². The van der Waals surface area contributed by atoms with Gasteiger partial charge in [-0.1, -0.05) is 30.3 Å². The molecule has 0 fully saturated rings. The summed E-state index contributed by atoms with van der Waals surface area (Å²) in [6.45, 7) is 0. The van der Waals surface area contributed by atoms with Gasteiger partial charge in [-0.3, -0.25) is 0 Å². The molecule has 0 amide bonds. The summed E-state index contributed by atoms with van der Waals surface area (Å²) in [7, 11) is 0. The van der Waals surface area contributed by atoms with E-state index in [1.165, 1.54) is 0 Å². The molecule has 1 aromatic carbocycles. The Morgan fingerprint density at radius 3 is 2.15 bits per heavy atom. The molecule has 0 radical (unpaired) electrons. The van der Waals surface area contributed by atoms with Gasteiger partial charge >= 0.3 is 5.97 Å². The first-order chi connectivity index (χ1) is 6.13. The van der Waals surface area contributed by atoms with Gasteiger partial charge in [0.2, 0.25) is 0 Å². The molecule has 2 atom stereocenters.